The van der Waals surface area contributed by atoms with Crippen LogP contribution < -0.4 is 10.6 Å². The molecule has 2 aliphatic rings. The smallest absolute Gasteiger partial charge is 0.475 e. The van der Waals surface area contributed by atoms with Crippen LogP contribution in [0, 0.1) is 5.82 Å². The lowest BCUT2D eigenvalue weighted by molar-refractivity contribution is -0.192. The highest BCUT2D eigenvalue weighted by Gasteiger charge is 2.52. The minimum atomic E-state index is -5.08. The van der Waals surface area contributed by atoms with E-state index in [0.29, 0.717) is 44.6 Å². The molecule has 5 rings (SSSR count). The van der Waals surface area contributed by atoms with E-state index >= 15 is 0 Å². The van der Waals surface area contributed by atoms with Gasteiger partial charge in [-0.3, -0.25) is 14.4 Å². The summed E-state index contributed by atoms with van der Waals surface area (Å²) in [4.78, 5) is 51.1. The van der Waals surface area contributed by atoms with Crippen LogP contribution >= 0.6 is 0 Å². The van der Waals surface area contributed by atoms with E-state index in [1.807, 2.05) is 42.5 Å². The van der Waals surface area contributed by atoms with Crippen LogP contribution in [0.2, 0.25) is 0 Å². The minimum Gasteiger partial charge on any atom is -0.475 e. The van der Waals surface area contributed by atoms with Gasteiger partial charge in [-0.25, -0.2) is 9.18 Å². The molecule has 0 unspecified atom stereocenters. The van der Waals surface area contributed by atoms with Crippen molar-refractivity contribution in [2.75, 3.05) is 32.8 Å². The van der Waals surface area contributed by atoms with Gasteiger partial charge >= 0.3 is 12.1 Å². The molecule has 13 heteroatoms. The number of hydrogen-bond acceptors (Lipinski definition) is 5. The highest BCUT2D eigenvalue weighted by molar-refractivity contribution is 6.01. The maximum Gasteiger partial charge on any atom is 0.490 e. The van der Waals surface area contributed by atoms with Crippen molar-refractivity contribution in [2.24, 2.45) is 0 Å². The van der Waals surface area contributed by atoms with Crippen LogP contribution in [-0.2, 0) is 9.59 Å². The van der Waals surface area contributed by atoms with Crippen molar-refractivity contribution >= 4 is 34.5 Å². The van der Waals surface area contributed by atoms with Crippen molar-refractivity contribution < 1.29 is 41.8 Å². The fourth-order valence-corrected chi connectivity index (χ4v) is 5.04. The van der Waals surface area contributed by atoms with Gasteiger partial charge in [-0.2, -0.15) is 13.2 Å². The van der Waals surface area contributed by atoms with E-state index in [1.165, 1.54) is 18.2 Å². The summed E-state index contributed by atoms with van der Waals surface area (Å²) in [5.74, 6) is -3.87. The molecule has 0 aliphatic carbocycles. The number of benzene rings is 3. The summed E-state index contributed by atoms with van der Waals surface area (Å²) < 4.78 is 45.4. The number of carbonyl (C=O) groups excluding carboxylic acids is 3. The van der Waals surface area contributed by atoms with Gasteiger partial charge in [-0.05, 0) is 53.9 Å². The van der Waals surface area contributed by atoms with Crippen LogP contribution in [0.15, 0.2) is 66.7 Å². The van der Waals surface area contributed by atoms with Crippen LogP contribution in [0.3, 0.4) is 0 Å². The van der Waals surface area contributed by atoms with Gasteiger partial charge in [0.25, 0.3) is 11.8 Å². The first kappa shape index (κ1) is 30.4. The first-order valence-electron chi connectivity index (χ1n) is 13.1. The van der Waals surface area contributed by atoms with Crippen LogP contribution in [0.4, 0.5) is 17.6 Å². The monoisotopic (exact) mass is 588 g/mol. The van der Waals surface area contributed by atoms with Gasteiger partial charge in [0.15, 0.2) is 0 Å². The Kier molecular flexibility index (Phi) is 9.10. The van der Waals surface area contributed by atoms with Gasteiger partial charge in [0.05, 0.1) is 6.67 Å². The highest BCUT2D eigenvalue weighted by Crippen LogP contribution is 2.33. The number of hydrogen-bond donors (Lipinski definition) is 3. The number of fused-ring (bicyclic) bond motifs is 1. The molecule has 2 saturated heterocycles. The Balaban J connectivity index is 0.000000517. The fourth-order valence-electron chi connectivity index (χ4n) is 5.04. The number of likely N-dealkylation sites (tertiary alicyclic amines) is 1. The average Bonchev–Trinajstić information content (AvgIpc) is 3.28. The Morgan fingerprint density at radius 2 is 1.60 bits per heavy atom. The van der Waals surface area contributed by atoms with Crippen LogP contribution in [-0.4, -0.2) is 83.2 Å². The highest BCUT2D eigenvalue weighted by atomic mass is 19.4. The Morgan fingerprint density at radius 1 is 0.929 bits per heavy atom. The molecule has 0 aromatic heterocycles. The lowest BCUT2D eigenvalue weighted by Gasteiger charge is -2.42. The van der Waals surface area contributed by atoms with Gasteiger partial charge < -0.3 is 25.5 Å². The Morgan fingerprint density at radius 3 is 2.24 bits per heavy atom. The number of nitrogens with one attached hydrogen (secondary N) is 2. The van der Waals surface area contributed by atoms with Crippen molar-refractivity contribution in [1.82, 2.24) is 20.4 Å². The van der Waals surface area contributed by atoms with Gasteiger partial charge in [-0.1, -0.05) is 36.4 Å². The van der Waals surface area contributed by atoms with E-state index in [1.54, 1.807) is 11.0 Å². The summed E-state index contributed by atoms with van der Waals surface area (Å²) in [6, 6.07) is 19.1. The van der Waals surface area contributed by atoms with Crippen molar-refractivity contribution in [2.45, 2.75) is 24.6 Å². The van der Waals surface area contributed by atoms with Crippen molar-refractivity contribution in [3.63, 3.8) is 0 Å². The molecule has 2 heterocycles. The van der Waals surface area contributed by atoms with E-state index in [9.17, 15) is 31.9 Å². The zero-order valence-corrected chi connectivity index (χ0v) is 22.3. The number of alkyl halides is 3. The molecule has 9 nitrogen and oxygen atoms in total. The molecule has 0 atom stereocenters. The standard InChI is InChI=1S/C27H27FN4O3.C2HF3O2/c28-23-7-3-6-22(17-23)25(34)32-18-30-26(35)27(32)10-13-31(14-11-27)15-12-29-24(33)21-9-8-19-4-1-2-5-20(19)16-21;3-2(4,5)1(6)7/h1-9,16-17H,10-15,18H2,(H,29,33)(H,30,35);(H,6,7). The van der Waals surface area contributed by atoms with E-state index in [4.69, 9.17) is 9.90 Å². The molecular weight excluding hydrogens is 560 g/mol. The predicted octanol–water partition coefficient (Wildman–Crippen LogP) is 3.41. The molecule has 0 saturated carbocycles. The molecule has 222 valence electrons. The molecule has 3 amide bonds. The maximum atomic E-state index is 13.6. The zero-order valence-electron chi connectivity index (χ0n) is 22.3. The van der Waals surface area contributed by atoms with Crippen LogP contribution in [0.5, 0.6) is 0 Å². The number of carboxylic acids is 1. The van der Waals surface area contributed by atoms with Gasteiger partial charge in [0, 0.05) is 37.3 Å². The van der Waals surface area contributed by atoms with Gasteiger partial charge in [0.1, 0.15) is 11.4 Å². The van der Waals surface area contributed by atoms with Crippen LogP contribution in [0.25, 0.3) is 10.8 Å². The quantitative estimate of drug-likeness (QED) is 0.394. The maximum absolute atomic E-state index is 13.6. The molecule has 3 aromatic carbocycles. The molecule has 42 heavy (non-hydrogen) atoms. The molecular formula is C29H28F4N4O5. The average molecular weight is 589 g/mol. The van der Waals surface area contributed by atoms with Crippen LogP contribution in [0.1, 0.15) is 33.6 Å². The summed E-state index contributed by atoms with van der Waals surface area (Å²) in [5.41, 5.74) is -0.0658. The zero-order chi connectivity index (χ0) is 30.5. The minimum absolute atomic E-state index is 0.119. The third-order valence-electron chi connectivity index (χ3n) is 7.30. The van der Waals surface area contributed by atoms with Crippen molar-refractivity contribution in [1.29, 1.82) is 0 Å². The van der Waals surface area contributed by atoms with Gasteiger partial charge in [-0.15, -0.1) is 0 Å². The topological polar surface area (TPSA) is 119 Å². The molecule has 3 aromatic rings. The first-order valence-corrected chi connectivity index (χ1v) is 13.1. The summed E-state index contributed by atoms with van der Waals surface area (Å²) in [5, 5.41) is 15.0. The number of rotatable bonds is 5. The lowest BCUT2D eigenvalue weighted by Crippen LogP contribution is -2.58. The first-order chi connectivity index (χ1) is 19.9. The number of amides is 3. The number of carbonyl (C=O) groups is 4. The Labute approximate surface area is 238 Å². The third kappa shape index (κ3) is 6.85. The van der Waals surface area contributed by atoms with Crippen molar-refractivity contribution in [3.8, 4) is 0 Å². The molecule has 3 N–H and O–H groups in total. The molecule has 1 spiro atoms. The summed E-state index contributed by atoms with van der Waals surface area (Å²) in [6.45, 7) is 2.49. The lowest BCUT2D eigenvalue weighted by atomic mass is 9.85. The van der Waals surface area contributed by atoms with E-state index in [2.05, 4.69) is 15.5 Å². The second-order valence-corrected chi connectivity index (χ2v) is 9.90. The Hall–Kier alpha value is -4.52. The number of aliphatic carboxylic acids is 1. The molecule has 0 radical (unpaired) electrons. The SMILES string of the molecule is O=C(NCCN1CCC2(CC1)C(=O)NCN2C(=O)c1cccc(F)c1)c1ccc2ccccc2c1.O=C(O)C(F)(F)F. The molecule has 2 aliphatic heterocycles. The number of halogens is 4. The normalized spacial score (nSPS) is 16.5. The number of carboxylic acid groups (broad SMARTS) is 1. The fraction of sp³-hybridized carbons (Fsp3) is 0.310. The summed E-state index contributed by atoms with van der Waals surface area (Å²) in [7, 11) is 0. The third-order valence-corrected chi connectivity index (χ3v) is 7.30. The number of nitrogens with zero attached hydrogens (tertiary/aromatic N) is 2. The number of piperidine rings is 1. The predicted molar refractivity (Wildman–Crippen MR) is 144 cm³/mol. The Bertz CT molecular complexity index is 1490. The summed E-state index contributed by atoms with van der Waals surface area (Å²) in [6.07, 6.45) is -4.11. The van der Waals surface area contributed by atoms with E-state index in [0.717, 1.165) is 10.8 Å². The largest absolute Gasteiger partial charge is 0.490 e. The molecule has 2 fully saturated rings. The van der Waals surface area contributed by atoms with Crippen molar-refractivity contribution in [3.05, 3.63) is 83.7 Å². The second kappa shape index (κ2) is 12.6. The summed E-state index contributed by atoms with van der Waals surface area (Å²) >= 11 is 0. The second-order valence-electron chi connectivity index (χ2n) is 9.90. The molecule has 0 bridgehead atoms. The van der Waals surface area contributed by atoms with E-state index in [-0.39, 0.29) is 30.0 Å². The van der Waals surface area contributed by atoms with E-state index < -0.39 is 23.5 Å². The van der Waals surface area contributed by atoms with Gasteiger partial charge in [0.2, 0.25) is 5.91 Å².